The quantitative estimate of drug-likeness (QED) is 0.603. The number of anilines is 2. The van der Waals surface area contributed by atoms with E-state index in [-0.39, 0.29) is 29.2 Å². The summed E-state index contributed by atoms with van der Waals surface area (Å²) in [5.74, 6) is -0.577. The molecule has 9 heteroatoms. The molecule has 8 nitrogen and oxygen atoms in total. The molecule has 0 spiro atoms. The van der Waals surface area contributed by atoms with Crippen molar-refractivity contribution in [1.29, 1.82) is 0 Å². The molecule has 0 radical (unpaired) electrons. The summed E-state index contributed by atoms with van der Waals surface area (Å²) in [5, 5.41) is 3.01. The predicted octanol–water partition coefficient (Wildman–Crippen LogP) is 3.44. The maximum atomic E-state index is 13.3. The van der Waals surface area contributed by atoms with Gasteiger partial charge in [-0.3, -0.25) is 9.59 Å². The van der Waals surface area contributed by atoms with E-state index in [0.29, 0.717) is 25.3 Å². The van der Waals surface area contributed by atoms with Crippen LogP contribution in [-0.4, -0.2) is 68.2 Å². The van der Waals surface area contributed by atoms with Crippen LogP contribution >= 0.6 is 0 Å². The zero-order chi connectivity index (χ0) is 24.3. The smallest absolute Gasteiger partial charge is 0.243 e. The molecule has 4 rings (SSSR count). The largest absolute Gasteiger partial charge is 0.370 e. The molecule has 2 saturated heterocycles. The van der Waals surface area contributed by atoms with Crippen molar-refractivity contribution in [1.82, 2.24) is 9.21 Å². The minimum absolute atomic E-state index is 0.0532. The highest BCUT2D eigenvalue weighted by Crippen LogP contribution is 2.33. The molecule has 2 aliphatic heterocycles. The molecule has 0 bridgehead atoms. The molecule has 0 aromatic heterocycles. The van der Waals surface area contributed by atoms with Gasteiger partial charge >= 0.3 is 0 Å². The summed E-state index contributed by atoms with van der Waals surface area (Å²) in [5.41, 5.74) is 1.30. The first kappa shape index (κ1) is 25.0. The van der Waals surface area contributed by atoms with Crippen LogP contribution in [0.3, 0.4) is 0 Å². The molecule has 1 aliphatic carbocycles. The third-order valence-corrected chi connectivity index (χ3v) is 9.47. The number of benzene rings is 1. The number of hydrogen-bond donors (Lipinski definition) is 1. The lowest BCUT2D eigenvalue weighted by Crippen LogP contribution is -2.36. The van der Waals surface area contributed by atoms with Gasteiger partial charge in [-0.25, -0.2) is 8.42 Å². The Hall–Kier alpha value is -2.13. The molecule has 1 N–H and O–H groups in total. The number of sulfonamides is 1. The Morgan fingerprint density at radius 2 is 1.74 bits per heavy atom. The number of hydrogen-bond acceptors (Lipinski definition) is 5. The summed E-state index contributed by atoms with van der Waals surface area (Å²) in [7, 11) is -3.62. The van der Waals surface area contributed by atoms with Crippen LogP contribution in [0.25, 0.3) is 0 Å². The molecule has 1 aromatic rings. The summed E-state index contributed by atoms with van der Waals surface area (Å²) < 4.78 is 28.1. The molecule has 188 valence electrons. The lowest BCUT2D eigenvalue weighted by molar-refractivity contribution is -0.129. The lowest BCUT2D eigenvalue weighted by Gasteiger charge is -2.28. The summed E-state index contributed by atoms with van der Waals surface area (Å²) in [6.07, 6.45) is 7.31. The Balaban J connectivity index is 1.57. The van der Waals surface area contributed by atoms with E-state index >= 15 is 0 Å². The molecule has 34 heavy (non-hydrogen) atoms. The Morgan fingerprint density at radius 1 is 1.06 bits per heavy atom. The Kier molecular flexibility index (Phi) is 7.82. The Morgan fingerprint density at radius 3 is 2.38 bits per heavy atom. The second-order valence-corrected chi connectivity index (χ2v) is 11.6. The zero-order valence-corrected chi connectivity index (χ0v) is 21.3. The minimum Gasteiger partial charge on any atom is -0.370 e. The second kappa shape index (κ2) is 10.6. The fourth-order valence-electron chi connectivity index (χ4n) is 5.58. The highest BCUT2D eigenvalue weighted by molar-refractivity contribution is 7.89. The topological polar surface area (TPSA) is 90.0 Å². The van der Waals surface area contributed by atoms with Crippen molar-refractivity contribution in [2.75, 3.05) is 42.9 Å². The molecular formula is C25H38N4O4S. The monoisotopic (exact) mass is 490 g/mol. The van der Waals surface area contributed by atoms with Crippen molar-refractivity contribution in [3.05, 3.63) is 18.2 Å². The van der Waals surface area contributed by atoms with E-state index < -0.39 is 15.9 Å². The molecule has 3 fully saturated rings. The summed E-state index contributed by atoms with van der Waals surface area (Å²) >= 11 is 0. The van der Waals surface area contributed by atoms with Gasteiger partial charge in [-0.1, -0.05) is 19.3 Å². The van der Waals surface area contributed by atoms with E-state index in [1.807, 2.05) is 18.7 Å². The van der Waals surface area contributed by atoms with Gasteiger partial charge in [-0.15, -0.1) is 0 Å². The SMILES string of the molecule is CCN(CC)c1ccc(S(=O)(=O)N2CCCCC2)cc1NC(=O)C1CC(=O)N(C2CCCC2)C1. The van der Waals surface area contributed by atoms with E-state index in [9.17, 15) is 18.0 Å². The number of nitrogens with zero attached hydrogens (tertiary/aromatic N) is 3. The minimum atomic E-state index is -3.62. The van der Waals surface area contributed by atoms with Gasteiger partial charge in [0.05, 0.1) is 22.2 Å². The normalized spacial score (nSPS) is 22.4. The average molecular weight is 491 g/mol. The van der Waals surface area contributed by atoms with Gasteiger partial charge in [0.1, 0.15) is 0 Å². The molecule has 2 amide bonds. The van der Waals surface area contributed by atoms with Crippen molar-refractivity contribution in [3.8, 4) is 0 Å². The molecule has 1 aromatic carbocycles. The molecule has 1 saturated carbocycles. The summed E-state index contributed by atoms with van der Waals surface area (Å²) in [4.78, 5) is 30.1. The Bertz CT molecular complexity index is 996. The van der Waals surface area contributed by atoms with Crippen LogP contribution in [0.4, 0.5) is 11.4 Å². The van der Waals surface area contributed by atoms with E-state index in [1.54, 1.807) is 22.5 Å². The number of carbonyl (C=O) groups excluding carboxylic acids is 2. The third-order valence-electron chi connectivity index (χ3n) is 7.58. The van der Waals surface area contributed by atoms with Crippen molar-refractivity contribution in [2.24, 2.45) is 5.92 Å². The molecule has 1 unspecified atom stereocenters. The first-order chi connectivity index (χ1) is 16.3. The molecule has 2 heterocycles. The van der Waals surface area contributed by atoms with Crippen LogP contribution in [0.15, 0.2) is 23.1 Å². The van der Waals surface area contributed by atoms with Crippen LogP contribution in [0, 0.1) is 5.92 Å². The zero-order valence-electron chi connectivity index (χ0n) is 20.5. The number of piperidine rings is 1. The molecule has 3 aliphatic rings. The first-order valence-electron chi connectivity index (χ1n) is 12.8. The fourth-order valence-corrected chi connectivity index (χ4v) is 7.12. The van der Waals surface area contributed by atoms with Crippen LogP contribution in [0.1, 0.15) is 65.2 Å². The van der Waals surface area contributed by atoms with Crippen LogP contribution in [0.5, 0.6) is 0 Å². The first-order valence-corrected chi connectivity index (χ1v) is 14.3. The van der Waals surface area contributed by atoms with E-state index in [2.05, 4.69) is 10.2 Å². The van der Waals surface area contributed by atoms with Crippen molar-refractivity contribution >= 4 is 33.2 Å². The van der Waals surface area contributed by atoms with Gasteiger partial charge in [0, 0.05) is 45.2 Å². The number of rotatable bonds is 8. The number of carbonyl (C=O) groups is 2. The predicted molar refractivity (Wildman–Crippen MR) is 133 cm³/mol. The highest BCUT2D eigenvalue weighted by atomic mass is 32.2. The van der Waals surface area contributed by atoms with Crippen molar-refractivity contribution in [2.45, 2.75) is 76.2 Å². The van der Waals surface area contributed by atoms with Gasteiger partial charge in [0.2, 0.25) is 21.8 Å². The van der Waals surface area contributed by atoms with Crippen molar-refractivity contribution < 1.29 is 18.0 Å². The highest BCUT2D eigenvalue weighted by Gasteiger charge is 2.39. The van der Waals surface area contributed by atoms with Gasteiger partial charge < -0.3 is 15.1 Å². The van der Waals surface area contributed by atoms with E-state index in [0.717, 1.165) is 63.7 Å². The van der Waals surface area contributed by atoms with Gasteiger partial charge in [0.15, 0.2) is 0 Å². The van der Waals surface area contributed by atoms with Crippen LogP contribution < -0.4 is 10.2 Å². The van der Waals surface area contributed by atoms with Gasteiger partial charge in [-0.05, 0) is 57.7 Å². The van der Waals surface area contributed by atoms with Crippen LogP contribution in [0.2, 0.25) is 0 Å². The summed E-state index contributed by atoms with van der Waals surface area (Å²) in [6.45, 7) is 7.03. The van der Waals surface area contributed by atoms with Gasteiger partial charge in [0.25, 0.3) is 0 Å². The molecular weight excluding hydrogens is 452 g/mol. The standard InChI is InChI=1S/C25H38N4O4S/c1-3-27(4-2)23-13-12-21(34(32,33)28-14-8-5-9-15-28)17-22(23)26-25(31)19-16-24(30)29(18-19)20-10-6-7-11-20/h12-13,17,19-20H,3-11,14-16,18H2,1-2H3,(H,26,31). The second-order valence-electron chi connectivity index (χ2n) is 9.69. The number of amides is 2. The molecule has 1 atom stereocenters. The van der Waals surface area contributed by atoms with Crippen molar-refractivity contribution in [3.63, 3.8) is 0 Å². The third kappa shape index (κ3) is 5.10. The lowest BCUT2D eigenvalue weighted by atomic mass is 10.1. The van der Waals surface area contributed by atoms with Crippen LogP contribution in [-0.2, 0) is 19.6 Å². The van der Waals surface area contributed by atoms with Gasteiger partial charge in [-0.2, -0.15) is 4.31 Å². The average Bonchev–Trinajstić information content (AvgIpc) is 3.51. The fraction of sp³-hybridized carbons (Fsp3) is 0.680. The van der Waals surface area contributed by atoms with E-state index in [1.165, 1.54) is 0 Å². The summed E-state index contributed by atoms with van der Waals surface area (Å²) in [6, 6.07) is 5.30. The number of likely N-dealkylation sites (tertiary alicyclic amines) is 1. The van der Waals surface area contributed by atoms with E-state index in [4.69, 9.17) is 0 Å². The maximum Gasteiger partial charge on any atom is 0.243 e. The maximum absolute atomic E-state index is 13.3. The Labute approximate surface area is 203 Å². The number of nitrogens with one attached hydrogen (secondary N) is 1.